The van der Waals surface area contributed by atoms with Crippen LogP contribution in [0.2, 0.25) is 5.02 Å². The first-order valence-electron chi connectivity index (χ1n) is 4.58. The molecule has 1 unspecified atom stereocenters. The molecule has 0 amide bonds. The Balaban J connectivity index is 3.44. The minimum Gasteiger partial charge on any atom is -0.495 e. The molecule has 17 heavy (non-hydrogen) atoms. The number of carbonyl (C=O) groups is 1. The Morgan fingerprint density at radius 3 is 2.65 bits per heavy atom. The van der Waals surface area contributed by atoms with Crippen LogP contribution in [0, 0.1) is 11.6 Å². The first-order chi connectivity index (χ1) is 7.93. The van der Waals surface area contributed by atoms with Gasteiger partial charge in [-0.2, -0.15) is 0 Å². The number of benzene rings is 1. The van der Waals surface area contributed by atoms with Crippen LogP contribution in [0.4, 0.5) is 8.78 Å². The van der Waals surface area contributed by atoms with E-state index in [0.717, 1.165) is 6.07 Å². The Labute approximate surface area is 101 Å². The molecule has 7 heteroatoms. The molecule has 1 aromatic carbocycles. The maximum atomic E-state index is 13.7. The van der Waals surface area contributed by atoms with Crippen molar-refractivity contribution in [1.29, 1.82) is 0 Å². The van der Waals surface area contributed by atoms with E-state index in [1.54, 1.807) is 0 Å². The van der Waals surface area contributed by atoms with Crippen molar-refractivity contribution in [3.8, 4) is 5.75 Å². The topological polar surface area (TPSA) is 72.5 Å². The van der Waals surface area contributed by atoms with Crippen LogP contribution >= 0.6 is 11.6 Å². The second kappa shape index (κ2) is 5.29. The van der Waals surface area contributed by atoms with Gasteiger partial charge in [0.05, 0.1) is 13.0 Å². The summed E-state index contributed by atoms with van der Waals surface area (Å²) in [6, 6.07) is 0.826. The van der Waals surface area contributed by atoms with Crippen LogP contribution in [0.5, 0.6) is 5.75 Å². The number of halogens is 3. The summed E-state index contributed by atoms with van der Waals surface area (Å²) < 4.78 is 32.0. The van der Waals surface area contributed by atoms with E-state index >= 15 is 0 Å². The number of hydrogen-bond acceptors (Lipinski definition) is 3. The molecule has 0 saturated heterocycles. The van der Waals surface area contributed by atoms with Crippen LogP contribution in [-0.2, 0) is 4.79 Å². The summed E-state index contributed by atoms with van der Waals surface area (Å²) in [5.74, 6) is -5.33. The summed E-state index contributed by atoms with van der Waals surface area (Å²) in [7, 11) is 1.19. The molecular formula is C10H10ClF2NO3. The molecule has 0 spiro atoms. The highest BCUT2D eigenvalue weighted by Gasteiger charge is 2.28. The van der Waals surface area contributed by atoms with Crippen LogP contribution < -0.4 is 10.5 Å². The zero-order valence-electron chi connectivity index (χ0n) is 8.84. The van der Waals surface area contributed by atoms with Gasteiger partial charge in [0, 0.05) is 18.2 Å². The van der Waals surface area contributed by atoms with Crippen molar-refractivity contribution in [3.63, 3.8) is 0 Å². The molecular weight excluding hydrogens is 256 g/mol. The number of carboxylic acid groups (broad SMARTS) is 1. The third-order valence-electron chi connectivity index (χ3n) is 2.26. The third-order valence-corrected chi connectivity index (χ3v) is 2.61. The quantitative estimate of drug-likeness (QED) is 0.814. The Kier molecular flexibility index (Phi) is 4.25. The van der Waals surface area contributed by atoms with Gasteiger partial charge in [0.2, 0.25) is 0 Å². The molecule has 0 aromatic heterocycles. The van der Waals surface area contributed by atoms with Crippen molar-refractivity contribution in [2.24, 2.45) is 5.73 Å². The minimum absolute atomic E-state index is 0.202. The zero-order chi connectivity index (χ0) is 13.2. The standard InChI is InChI=1S/C10H10ClF2NO3/c1-17-6-2-5(12)7(9(13)8(6)11)4(3-14)10(15)16/h2,4H,3,14H2,1H3,(H,15,16). The molecule has 0 radical (unpaired) electrons. The molecule has 0 saturated carbocycles. The highest BCUT2D eigenvalue weighted by molar-refractivity contribution is 6.32. The Hall–Kier alpha value is -1.40. The number of aliphatic carboxylic acids is 1. The molecule has 1 aromatic rings. The first-order valence-corrected chi connectivity index (χ1v) is 4.96. The number of rotatable bonds is 4. The summed E-state index contributed by atoms with van der Waals surface area (Å²) in [6.07, 6.45) is 0. The number of carboxylic acids is 1. The molecule has 3 N–H and O–H groups in total. The molecule has 1 rings (SSSR count). The normalized spacial score (nSPS) is 12.3. The maximum Gasteiger partial charge on any atom is 0.312 e. The second-order valence-corrected chi connectivity index (χ2v) is 3.61. The van der Waals surface area contributed by atoms with Crippen molar-refractivity contribution in [1.82, 2.24) is 0 Å². The fourth-order valence-corrected chi connectivity index (χ4v) is 1.63. The van der Waals surface area contributed by atoms with Crippen LogP contribution in [0.15, 0.2) is 6.07 Å². The van der Waals surface area contributed by atoms with Crippen molar-refractivity contribution in [2.75, 3.05) is 13.7 Å². The lowest BCUT2D eigenvalue weighted by atomic mass is 9.98. The Morgan fingerprint density at radius 2 is 2.24 bits per heavy atom. The van der Waals surface area contributed by atoms with Gasteiger partial charge in [-0.1, -0.05) is 11.6 Å². The van der Waals surface area contributed by atoms with Gasteiger partial charge in [-0.15, -0.1) is 0 Å². The molecule has 1 atom stereocenters. The first kappa shape index (κ1) is 13.7. The molecule has 0 aliphatic carbocycles. The van der Waals surface area contributed by atoms with Gasteiger partial charge >= 0.3 is 5.97 Å². The fraction of sp³-hybridized carbons (Fsp3) is 0.300. The molecule has 0 bridgehead atoms. The SMILES string of the molecule is COc1cc(F)c(C(CN)C(=O)O)c(F)c1Cl. The molecule has 0 aliphatic rings. The van der Waals surface area contributed by atoms with E-state index < -0.39 is 40.7 Å². The van der Waals surface area contributed by atoms with E-state index in [9.17, 15) is 13.6 Å². The fourth-order valence-electron chi connectivity index (χ4n) is 1.40. The predicted molar refractivity (Wildman–Crippen MR) is 57.4 cm³/mol. The smallest absolute Gasteiger partial charge is 0.312 e. The van der Waals surface area contributed by atoms with Crippen molar-refractivity contribution < 1.29 is 23.4 Å². The molecule has 0 fully saturated rings. The highest BCUT2D eigenvalue weighted by Crippen LogP contribution is 2.34. The average molecular weight is 266 g/mol. The third kappa shape index (κ3) is 2.48. The molecule has 0 heterocycles. The van der Waals surface area contributed by atoms with Crippen LogP contribution in [-0.4, -0.2) is 24.7 Å². The van der Waals surface area contributed by atoms with E-state index in [1.807, 2.05) is 0 Å². The second-order valence-electron chi connectivity index (χ2n) is 3.23. The molecule has 0 aliphatic heterocycles. The summed E-state index contributed by atoms with van der Waals surface area (Å²) in [5.41, 5.74) is 4.51. The number of methoxy groups -OCH3 is 1. The lowest BCUT2D eigenvalue weighted by Gasteiger charge is -2.14. The van der Waals surface area contributed by atoms with Gasteiger partial charge in [0.15, 0.2) is 5.82 Å². The monoisotopic (exact) mass is 265 g/mol. The predicted octanol–water partition coefficient (Wildman–Crippen LogP) is 1.75. The van der Waals surface area contributed by atoms with Gasteiger partial charge < -0.3 is 15.6 Å². The van der Waals surface area contributed by atoms with Gasteiger partial charge in [-0.3, -0.25) is 4.79 Å². The van der Waals surface area contributed by atoms with E-state index in [1.165, 1.54) is 7.11 Å². The van der Waals surface area contributed by atoms with Crippen LogP contribution in [0.25, 0.3) is 0 Å². The van der Waals surface area contributed by atoms with Crippen LogP contribution in [0.3, 0.4) is 0 Å². The summed E-state index contributed by atoms with van der Waals surface area (Å²) in [6.45, 7) is -0.439. The summed E-state index contributed by atoms with van der Waals surface area (Å²) >= 11 is 5.58. The largest absolute Gasteiger partial charge is 0.495 e. The van der Waals surface area contributed by atoms with E-state index in [2.05, 4.69) is 4.74 Å². The molecule has 94 valence electrons. The number of hydrogen-bond donors (Lipinski definition) is 2. The molecule has 4 nitrogen and oxygen atoms in total. The Bertz CT molecular complexity index is 454. The van der Waals surface area contributed by atoms with Crippen molar-refractivity contribution >= 4 is 17.6 Å². The van der Waals surface area contributed by atoms with E-state index in [4.69, 9.17) is 22.4 Å². The number of nitrogens with two attached hydrogens (primary N) is 1. The van der Waals surface area contributed by atoms with Crippen molar-refractivity contribution in [3.05, 3.63) is 28.3 Å². The van der Waals surface area contributed by atoms with Gasteiger partial charge in [-0.25, -0.2) is 8.78 Å². The summed E-state index contributed by atoms with van der Waals surface area (Å²) in [4.78, 5) is 10.8. The zero-order valence-corrected chi connectivity index (χ0v) is 9.59. The van der Waals surface area contributed by atoms with Crippen LogP contribution in [0.1, 0.15) is 11.5 Å². The number of ether oxygens (including phenoxy) is 1. The van der Waals surface area contributed by atoms with Gasteiger partial charge in [0.25, 0.3) is 0 Å². The minimum atomic E-state index is -1.49. The average Bonchev–Trinajstić information content (AvgIpc) is 2.28. The highest BCUT2D eigenvalue weighted by atomic mass is 35.5. The van der Waals surface area contributed by atoms with Crippen molar-refractivity contribution in [2.45, 2.75) is 5.92 Å². The van der Waals surface area contributed by atoms with E-state index in [-0.39, 0.29) is 5.75 Å². The lowest BCUT2D eigenvalue weighted by Crippen LogP contribution is -2.23. The lowest BCUT2D eigenvalue weighted by molar-refractivity contribution is -0.138. The Morgan fingerprint density at radius 1 is 1.65 bits per heavy atom. The van der Waals surface area contributed by atoms with Gasteiger partial charge in [-0.05, 0) is 0 Å². The van der Waals surface area contributed by atoms with Gasteiger partial charge in [0.1, 0.15) is 16.6 Å². The van der Waals surface area contributed by atoms with E-state index in [0.29, 0.717) is 0 Å². The summed E-state index contributed by atoms with van der Waals surface area (Å²) in [5, 5.41) is 8.34. The maximum absolute atomic E-state index is 13.7.